The first-order valence-electron chi connectivity index (χ1n) is 5.07. The van der Waals surface area contributed by atoms with E-state index in [2.05, 4.69) is 4.90 Å². The van der Waals surface area contributed by atoms with Crippen molar-refractivity contribution in [3.8, 4) is 0 Å². The van der Waals surface area contributed by atoms with Crippen molar-refractivity contribution in [2.45, 2.75) is 19.0 Å². The van der Waals surface area contributed by atoms with Gasteiger partial charge in [-0.1, -0.05) is 29.3 Å². The predicted molar refractivity (Wildman–Crippen MR) is 71.6 cm³/mol. The highest BCUT2D eigenvalue weighted by Crippen LogP contribution is 2.23. The van der Waals surface area contributed by atoms with Gasteiger partial charge in [-0.15, -0.1) is 12.4 Å². The van der Waals surface area contributed by atoms with E-state index < -0.39 is 0 Å². The first kappa shape index (κ1) is 14.1. The highest BCUT2D eigenvalue weighted by atomic mass is 35.5. The lowest BCUT2D eigenvalue weighted by molar-refractivity contribution is 0.327. The first-order chi connectivity index (χ1) is 7.15. The van der Waals surface area contributed by atoms with Crippen molar-refractivity contribution in [3.05, 3.63) is 33.8 Å². The Bertz CT molecular complexity index is 357. The summed E-state index contributed by atoms with van der Waals surface area (Å²) < 4.78 is 0. The van der Waals surface area contributed by atoms with Gasteiger partial charge in [0.15, 0.2) is 0 Å². The molecule has 16 heavy (non-hydrogen) atoms. The fraction of sp³-hybridized carbons (Fsp3) is 0.455. The molecule has 1 aliphatic rings. The van der Waals surface area contributed by atoms with Gasteiger partial charge in [-0.3, -0.25) is 4.90 Å². The van der Waals surface area contributed by atoms with Crippen LogP contribution in [0.5, 0.6) is 0 Å². The molecule has 2 nitrogen and oxygen atoms in total. The van der Waals surface area contributed by atoms with Crippen LogP contribution in [-0.4, -0.2) is 24.0 Å². The third-order valence-electron chi connectivity index (χ3n) is 2.72. The maximum atomic E-state index is 6.10. The van der Waals surface area contributed by atoms with Crippen LogP contribution in [-0.2, 0) is 6.54 Å². The monoisotopic (exact) mass is 280 g/mol. The molecule has 1 fully saturated rings. The molecular weight excluding hydrogens is 266 g/mol. The van der Waals surface area contributed by atoms with E-state index in [1.54, 1.807) is 6.07 Å². The molecule has 0 aromatic heterocycles. The van der Waals surface area contributed by atoms with Gasteiger partial charge in [-0.2, -0.15) is 0 Å². The molecule has 0 aliphatic carbocycles. The van der Waals surface area contributed by atoms with E-state index >= 15 is 0 Å². The van der Waals surface area contributed by atoms with Crippen molar-refractivity contribution in [3.63, 3.8) is 0 Å². The summed E-state index contributed by atoms with van der Waals surface area (Å²) in [4.78, 5) is 2.32. The minimum absolute atomic E-state index is 0. The van der Waals surface area contributed by atoms with Crippen LogP contribution in [0.3, 0.4) is 0 Å². The molecule has 1 aromatic rings. The molecule has 0 unspecified atom stereocenters. The van der Waals surface area contributed by atoms with E-state index in [1.165, 1.54) is 0 Å². The third kappa shape index (κ3) is 3.51. The number of nitrogens with two attached hydrogens (primary N) is 1. The second-order valence-electron chi connectivity index (χ2n) is 4.02. The second-order valence-corrected chi connectivity index (χ2v) is 4.86. The summed E-state index contributed by atoms with van der Waals surface area (Å²) in [6.45, 7) is 2.88. The molecule has 1 aliphatic heterocycles. The van der Waals surface area contributed by atoms with Crippen LogP contribution in [0.15, 0.2) is 18.2 Å². The number of nitrogens with zero attached hydrogens (tertiary/aromatic N) is 1. The fourth-order valence-electron chi connectivity index (χ4n) is 1.90. The molecule has 5 heteroatoms. The summed E-state index contributed by atoms with van der Waals surface area (Å²) >= 11 is 11.9. The van der Waals surface area contributed by atoms with Crippen molar-refractivity contribution in [2.75, 3.05) is 13.1 Å². The first-order valence-corrected chi connectivity index (χ1v) is 5.82. The molecule has 2 N–H and O–H groups in total. The van der Waals surface area contributed by atoms with Gasteiger partial charge in [0.05, 0.1) is 0 Å². The second kappa shape index (κ2) is 6.08. The number of hydrogen-bond acceptors (Lipinski definition) is 2. The van der Waals surface area contributed by atoms with E-state index in [9.17, 15) is 0 Å². The van der Waals surface area contributed by atoms with Gasteiger partial charge < -0.3 is 5.73 Å². The minimum Gasteiger partial charge on any atom is -0.326 e. The zero-order chi connectivity index (χ0) is 10.8. The average molecular weight is 282 g/mol. The van der Waals surface area contributed by atoms with Crippen molar-refractivity contribution < 1.29 is 0 Å². The highest BCUT2D eigenvalue weighted by Gasteiger charge is 2.19. The van der Waals surface area contributed by atoms with E-state index in [4.69, 9.17) is 28.9 Å². The number of rotatable bonds is 2. The van der Waals surface area contributed by atoms with Crippen molar-refractivity contribution in [1.82, 2.24) is 4.90 Å². The van der Waals surface area contributed by atoms with Gasteiger partial charge in [0.25, 0.3) is 0 Å². The van der Waals surface area contributed by atoms with E-state index in [-0.39, 0.29) is 12.4 Å². The van der Waals surface area contributed by atoms with E-state index in [0.717, 1.165) is 36.6 Å². The minimum atomic E-state index is 0. The zero-order valence-corrected chi connectivity index (χ0v) is 11.2. The van der Waals surface area contributed by atoms with Crippen LogP contribution >= 0.6 is 35.6 Å². The summed E-state index contributed by atoms with van der Waals surface area (Å²) in [6, 6.07) is 5.96. The van der Waals surface area contributed by atoms with Crippen molar-refractivity contribution in [2.24, 2.45) is 5.73 Å². The van der Waals surface area contributed by atoms with Crippen LogP contribution in [0.2, 0.25) is 10.0 Å². The quantitative estimate of drug-likeness (QED) is 0.903. The van der Waals surface area contributed by atoms with Gasteiger partial charge in [0.1, 0.15) is 0 Å². The van der Waals surface area contributed by atoms with Gasteiger partial charge in [0.2, 0.25) is 0 Å². The van der Waals surface area contributed by atoms with Crippen LogP contribution < -0.4 is 5.73 Å². The molecule has 0 spiro atoms. The van der Waals surface area contributed by atoms with Crippen molar-refractivity contribution in [1.29, 1.82) is 0 Å². The Balaban J connectivity index is 0.00000128. The Labute approximate surface area is 112 Å². The molecule has 1 saturated heterocycles. The third-order valence-corrected chi connectivity index (χ3v) is 3.30. The average Bonchev–Trinajstić information content (AvgIpc) is 2.56. The molecule has 1 atom stereocenters. The van der Waals surface area contributed by atoms with Crippen LogP contribution in [0.25, 0.3) is 0 Å². The lowest BCUT2D eigenvalue weighted by Gasteiger charge is -2.16. The summed E-state index contributed by atoms with van der Waals surface area (Å²) in [5.74, 6) is 0. The number of benzene rings is 1. The lowest BCUT2D eigenvalue weighted by Crippen LogP contribution is -2.26. The molecule has 1 heterocycles. The van der Waals surface area contributed by atoms with Gasteiger partial charge in [-0.05, 0) is 24.1 Å². The van der Waals surface area contributed by atoms with Crippen LogP contribution in [0, 0.1) is 0 Å². The van der Waals surface area contributed by atoms with Gasteiger partial charge in [0, 0.05) is 35.7 Å². The normalized spacial score (nSPS) is 20.8. The molecule has 1 aromatic carbocycles. The Hall–Kier alpha value is 0.01000. The summed E-state index contributed by atoms with van der Waals surface area (Å²) in [7, 11) is 0. The molecular formula is C11H15Cl3N2. The Morgan fingerprint density at radius 2 is 2.12 bits per heavy atom. The molecule has 0 bridgehead atoms. The molecule has 0 amide bonds. The van der Waals surface area contributed by atoms with Gasteiger partial charge in [-0.25, -0.2) is 0 Å². The smallest absolute Gasteiger partial charge is 0.0465 e. The standard InChI is InChI=1S/C11H14Cl2N2.ClH/c12-9-2-1-8(11(13)5-9)6-15-4-3-10(14)7-15;/h1-2,5,10H,3-4,6-7,14H2;1H/t10-;/m1./s1. The Morgan fingerprint density at radius 3 is 2.69 bits per heavy atom. The largest absolute Gasteiger partial charge is 0.326 e. The molecule has 90 valence electrons. The maximum Gasteiger partial charge on any atom is 0.0465 e. The van der Waals surface area contributed by atoms with Crippen LogP contribution in [0.1, 0.15) is 12.0 Å². The van der Waals surface area contributed by atoms with Gasteiger partial charge >= 0.3 is 0 Å². The SMILES string of the molecule is Cl.N[C@@H]1CCN(Cc2ccc(Cl)cc2Cl)C1. The van der Waals surface area contributed by atoms with E-state index in [0.29, 0.717) is 11.1 Å². The predicted octanol–water partition coefficient (Wildman–Crippen LogP) is 2.95. The molecule has 0 saturated carbocycles. The Morgan fingerprint density at radius 1 is 1.38 bits per heavy atom. The number of halogens is 3. The molecule has 2 rings (SSSR count). The number of likely N-dealkylation sites (tertiary alicyclic amines) is 1. The maximum absolute atomic E-state index is 6.10. The topological polar surface area (TPSA) is 29.3 Å². The summed E-state index contributed by atoms with van der Waals surface area (Å²) in [6.07, 6.45) is 1.07. The summed E-state index contributed by atoms with van der Waals surface area (Å²) in [5.41, 5.74) is 6.97. The summed E-state index contributed by atoms with van der Waals surface area (Å²) in [5, 5.41) is 1.42. The Kier molecular flexibility index (Phi) is 5.35. The lowest BCUT2D eigenvalue weighted by atomic mass is 10.2. The highest BCUT2D eigenvalue weighted by molar-refractivity contribution is 6.35. The number of hydrogen-bond donors (Lipinski definition) is 1. The fourth-order valence-corrected chi connectivity index (χ4v) is 2.37. The molecule has 0 radical (unpaired) electrons. The van der Waals surface area contributed by atoms with Crippen molar-refractivity contribution >= 4 is 35.6 Å². The zero-order valence-electron chi connectivity index (χ0n) is 8.83. The van der Waals surface area contributed by atoms with Crippen LogP contribution in [0.4, 0.5) is 0 Å². The van der Waals surface area contributed by atoms with E-state index in [1.807, 2.05) is 12.1 Å².